The number of alkyl halides is 3. The molecule has 0 aliphatic carbocycles. The third-order valence-corrected chi connectivity index (χ3v) is 5.28. The van der Waals surface area contributed by atoms with Crippen LogP contribution in [0.5, 0.6) is 11.5 Å². The van der Waals surface area contributed by atoms with Crippen molar-refractivity contribution >= 4 is 17.0 Å². The Morgan fingerprint density at radius 1 is 0.970 bits per heavy atom. The molecule has 7 nitrogen and oxygen atoms in total. The van der Waals surface area contributed by atoms with Gasteiger partial charge in [-0.3, -0.25) is 13.9 Å². The number of carbonyl (C=O) groups is 1. The van der Waals surface area contributed by atoms with Crippen molar-refractivity contribution in [3.05, 3.63) is 58.0 Å². The van der Waals surface area contributed by atoms with Gasteiger partial charge in [-0.25, -0.2) is 4.79 Å². The quantitative estimate of drug-likeness (QED) is 0.489. The highest BCUT2D eigenvalue weighted by Crippen LogP contribution is 2.33. The topological polar surface area (TPSA) is 71.7 Å². The molecule has 0 fully saturated rings. The van der Waals surface area contributed by atoms with Crippen molar-refractivity contribution in [3.8, 4) is 11.5 Å². The van der Waals surface area contributed by atoms with E-state index in [-0.39, 0.29) is 18.7 Å². The zero-order chi connectivity index (χ0) is 24.6. The maximum Gasteiger partial charge on any atom is 0.416 e. The Kier molecular flexibility index (Phi) is 6.49. The molecule has 0 bridgehead atoms. The Morgan fingerprint density at radius 3 is 2.21 bits per heavy atom. The van der Waals surface area contributed by atoms with E-state index in [9.17, 15) is 22.8 Å². The maximum atomic E-state index is 13.5. The van der Waals surface area contributed by atoms with Gasteiger partial charge >= 0.3 is 17.8 Å². The minimum atomic E-state index is -4.58. The van der Waals surface area contributed by atoms with Crippen LogP contribution in [0.2, 0.25) is 0 Å². The van der Waals surface area contributed by atoms with Gasteiger partial charge in [-0.15, -0.1) is 0 Å². The van der Waals surface area contributed by atoms with Crippen molar-refractivity contribution in [2.45, 2.75) is 39.0 Å². The molecule has 10 heteroatoms. The first kappa shape index (κ1) is 24.2. The summed E-state index contributed by atoms with van der Waals surface area (Å²) in [4.78, 5) is 24.8. The molecule has 0 aliphatic rings. The molecule has 0 saturated heterocycles. The van der Waals surface area contributed by atoms with Crippen LogP contribution in [0.15, 0.2) is 41.2 Å². The summed E-state index contributed by atoms with van der Waals surface area (Å²) in [7, 11) is 2.95. The van der Waals surface area contributed by atoms with Crippen LogP contribution >= 0.6 is 0 Å². The van der Waals surface area contributed by atoms with Crippen LogP contribution in [0, 0.1) is 0 Å². The third kappa shape index (κ3) is 4.84. The number of fused-ring (bicyclic) bond motifs is 1. The zero-order valence-corrected chi connectivity index (χ0v) is 18.9. The first-order valence-electron chi connectivity index (χ1n) is 10.1. The van der Waals surface area contributed by atoms with E-state index in [1.54, 1.807) is 32.0 Å². The second kappa shape index (κ2) is 8.84. The lowest BCUT2D eigenvalue weighted by atomic mass is 10.1. The van der Waals surface area contributed by atoms with Crippen molar-refractivity contribution in [3.63, 3.8) is 0 Å². The highest BCUT2D eigenvalue weighted by Gasteiger charge is 2.33. The van der Waals surface area contributed by atoms with Crippen LogP contribution in [0.25, 0.3) is 11.0 Å². The van der Waals surface area contributed by atoms with Gasteiger partial charge in [0.2, 0.25) is 0 Å². The molecule has 1 heterocycles. The highest BCUT2D eigenvalue weighted by atomic mass is 19.4. The Morgan fingerprint density at radius 2 is 1.64 bits per heavy atom. The molecule has 0 radical (unpaired) electrons. The Balaban J connectivity index is 2.22. The summed E-state index contributed by atoms with van der Waals surface area (Å²) < 4.78 is 58.5. The van der Waals surface area contributed by atoms with E-state index in [2.05, 4.69) is 0 Å². The number of nitrogens with zero attached hydrogens (tertiary/aromatic N) is 2. The average molecular weight is 466 g/mol. The van der Waals surface area contributed by atoms with Crippen molar-refractivity contribution in [1.82, 2.24) is 9.13 Å². The first-order valence-corrected chi connectivity index (χ1v) is 10.1. The number of hydrogen-bond donors (Lipinski definition) is 0. The van der Waals surface area contributed by atoms with Gasteiger partial charge < -0.3 is 14.2 Å². The number of imidazole rings is 1. The van der Waals surface area contributed by atoms with Gasteiger partial charge in [0.15, 0.2) is 11.5 Å². The molecular weight excluding hydrogens is 441 g/mol. The van der Waals surface area contributed by atoms with E-state index in [0.717, 1.165) is 12.1 Å². The smallest absolute Gasteiger partial charge is 0.416 e. The number of benzene rings is 2. The number of ether oxygens (including phenoxy) is 3. The van der Waals surface area contributed by atoms with Crippen molar-refractivity contribution < 1.29 is 32.2 Å². The number of rotatable bonds is 7. The van der Waals surface area contributed by atoms with E-state index < -0.39 is 28.9 Å². The van der Waals surface area contributed by atoms with E-state index in [1.165, 1.54) is 36.3 Å². The number of halogens is 3. The molecule has 0 saturated carbocycles. The zero-order valence-electron chi connectivity index (χ0n) is 18.9. The summed E-state index contributed by atoms with van der Waals surface area (Å²) in [5.41, 5.74) is -1.37. The monoisotopic (exact) mass is 466 g/mol. The van der Waals surface area contributed by atoms with Gasteiger partial charge in [-0.05, 0) is 49.7 Å². The van der Waals surface area contributed by atoms with Crippen LogP contribution in [0.3, 0.4) is 0 Å². The lowest BCUT2D eigenvalue weighted by Gasteiger charge is -2.26. The van der Waals surface area contributed by atoms with Crippen LogP contribution in [-0.2, 0) is 27.8 Å². The molecule has 0 unspecified atom stereocenters. The molecule has 0 spiro atoms. The molecule has 178 valence electrons. The molecule has 2 aromatic carbocycles. The van der Waals surface area contributed by atoms with Gasteiger partial charge in [0.1, 0.15) is 6.61 Å². The largest absolute Gasteiger partial charge is 0.493 e. The lowest BCUT2D eigenvalue weighted by Crippen LogP contribution is -2.41. The molecule has 3 aromatic rings. The molecule has 33 heavy (non-hydrogen) atoms. The Labute approximate surface area is 188 Å². The fraction of sp³-hybridized carbons (Fsp3) is 0.391. The Hall–Kier alpha value is -3.43. The number of carbonyl (C=O) groups excluding carboxylic acids is 1. The van der Waals surface area contributed by atoms with Crippen LogP contribution < -0.4 is 15.2 Å². The van der Waals surface area contributed by atoms with Crippen LogP contribution in [-0.4, -0.2) is 35.9 Å². The van der Waals surface area contributed by atoms with Crippen LogP contribution in [0.1, 0.15) is 31.9 Å². The predicted octanol–water partition coefficient (Wildman–Crippen LogP) is 4.19. The van der Waals surface area contributed by atoms with Gasteiger partial charge in [0.25, 0.3) is 0 Å². The second-order valence-corrected chi connectivity index (χ2v) is 8.19. The van der Waals surface area contributed by atoms with Crippen molar-refractivity contribution in [2.75, 3.05) is 20.8 Å². The molecular formula is C23H25F3N2O5. The third-order valence-electron chi connectivity index (χ3n) is 5.28. The summed E-state index contributed by atoms with van der Waals surface area (Å²) in [6, 6.07) is 8.17. The molecule has 0 atom stereocenters. The van der Waals surface area contributed by atoms with E-state index in [4.69, 9.17) is 14.2 Å². The number of esters is 1. The highest BCUT2D eigenvalue weighted by molar-refractivity contribution is 5.78. The summed E-state index contributed by atoms with van der Waals surface area (Å²) in [6.07, 6.45) is -4.58. The van der Waals surface area contributed by atoms with Crippen LogP contribution in [0.4, 0.5) is 13.2 Å². The lowest BCUT2D eigenvalue weighted by molar-refractivity contribution is -0.143. The predicted molar refractivity (Wildman–Crippen MR) is 116 cm³/mol. The fourth-order valence-electron chi connectivity index (χ4n) is 3.67. The van der Waals surface area contributed by atoms with Gasteiger partial charge in [0, 0.05) is 6.92 Å². The maximum absolute atomic E-state index is 13.5. The molecule has 1 aromatic heterocycles. The summed E-state index contributed by atoms with van der Waals surface area (Å²) in [5.74, 6) is 0.389. The second-order valence-electron chi connectivity index (χ2n) is 8.19. The summed E-state index contributed by atoms with van der Waals surface area (Å²) in [5, 5.41) is 0. The summed E-state index contributed by atoms with van der Waals surface area (Å²) in [6.45, 7) is 4.46. The molecule has 0 N–H and O–H groups in total. The van der Waals surface area contributed by atoms with Crippen molar-refractivity contribution in [1.29, 1.82) is 0 Å². The average Bonchev–Trinajstić information content (AvgIpc) is 3.03. The van der Waals surface area contributed by atoms with E-state index in [1.807, 2.05) is 0 Å². The first-order chi connectivity index (χ1) is 15.4. The minimum absolute atomic E-state index is 0.00631. The fourth-order valence-corrected chi connectivity index (χ4v) is 3.67. The van der Waals surface area contributed by atoms with E-state index in [0.29, 0.717) is 22.6 Å². The minimum Gasteiger partial charge on any atom is -0.493 e. The summed E-state index contributed by atoms with van der Waals surface area (Å²) >= 11 is 0. The van der Waals surface area contributed by atoms with Gasteiger partial charge in [0.05, 0.1) is 42.9 Å². The molecule has 0 aliphatic heterocycles. The number of aromatic nitrogens is 2. The number of hydrogen-bond acceptors (Lipinski definition) is 5. The molecule has 0 amide bonds. The normalized spacial score (nSPS) is 12.1. The molecule has 3 rings (SSSR count). The van der Waals surface area contributed by atoms with Crippen molar-refractivity contribution in [2.24, 2.45) is 0 Å². The van der Waals surface area contributed by atoms with E-state index >= 15 is 0 Å². The number of methoxy groups -OCH3 is 2. The SMILES string of the molecule is COc1ccc(Cn2c(=O)n(C(C)(C)COC(C)=O)c3ccc(C(F)(F)F)cc32)cc1OC. The standard InChI is InChI=1S/C23H25F3N2O5/c1-14(29)33-13-22(2,3)28-17-8-7-16(23(24,25)26)11-18(17)27(21(28)30)12-15-6-9-19(31-4)20(10-15)32-5/h6-11H,12-13H2,1-5H3. The Bertz CT molecular complexity index is 1240. The van der Waals surface area contributed by atoms with Gasteiger partial charge in [-0.1, -0.05) is 6.07 Å². The van der Waals surface area contributed by atoms with Gasteiger partial charge in [-0.2, -0.15) is 13.2 Å².